The fourth-order valence-corrected chi connectivity index (χ4v) is 1.34. The number of aliphatic hydroxyl groups excluding tert-OH is 1. The second-order valence-electron chi connectivity index (χ2n) is 3.09. The summed E-state index contributed by atoms with van der Waals surface area (Å²) in [5, 5.41) is 12.0. The van der Waals surface area contributed by atoms with Gasteiger partial charge in [0.1, 0.15) is 12.4 Å². The molecule has 0 amide bonds. The summed E-state index contributed by atoms with van der Waals surface area (Å²) in [6.07, 6.45) is 0. The van der Waals surface area contributed by atoms with E-state index in [0.717, 1.165) is 11.4 Å². The number of benzene rings is 1. The Balaban J connectivity index is 2.27. The number of rotatable bonds is 1. The van der Waals surface area contributed by atoms with Gasteiger partial charge in [-0.05, 0) is 18.2 Å². The van der Waals surface area contributed by atoms with Crippen molar-refractivity contribution in [2.45, 2.75) is 6.04 Å². The first-order valence-electron chi connectivity index (χ1n) is 4.19. The molecule has 0 fully saturated rings. The highest BCUT2D eigenvalue weighted by Gasteiger charge is 2.17. The zero-order chi connectivity index (χ0) is 9.26. The van der Waals surface area contributed by atoms with Crippen LogP contribution < -0.4 is 15.8 Å². The zero-order valence-electron chi connectivity index (χ0n) is 7.16. The van der Waals surface area contributed by atoms with Gasteiger partial charge in [0.25, 0.3) is 0 Å². The van der Waals surface area contributed by atoms with E-state index in [9.17, 15) is 0 Å². The molecule has 0 aliphatic carbocycles. The van der Waals surface area contributed by atoms with Gasteiger partial charge in [-0.15, -0.1) is 0 Å². The van der Waals surface area contributed by atoms with Crippen LogP contribution in [-0.4, -0.2) is 24.4 Å². The van der Waals surface area contributed by atoms with E-state index in [0.29, 0.717) is 12.3 Å². The van der Waals surface area contributed by atoms with Gasteiger partial charge in [-0.1, -0.05) is 0 Å². The first-order valence-corrected chi connectivity index (χ1v) is 4.19. The molecule has 1 aromatic carbocycles. The molecule has 0 bridgehead atoms. The number of nitrogens with two attached hydrogens (primary N) is 1. The number of fused-ring (bicyclic) bond motifs is 1. The van der Waals surface area contributed by atoms with Crippen LogP contribution in [0.25, 0.3) is 0 Å². The summed E-state index contributed by atoms with van der Waals surface area (Å²) in [6.45, 7) is 0.557. The summed E-state index contributed by atoms with van der Waals surface area (Å²) in [5.74, 6) is 0.791. The molecule has 1 heterocycles. The average Bonchev–Trinajstić information content (AvgIpc) is 2.16. The average molecular weight is 180 g/mol. The molecular formula is C9H12N2O2. The van der Waals surface area contributed by atoms with Crippen LogP contribution in [0.3, 0.4) is 0 Å². The van der Waals surface area contributed by atoms with Gasteiger partial charge in [0.2, 0.25) is 0 Å². The third-order valence-corrected chi connectivity index (χ3v) is 2.02. The Bertz CT molecular complexity index is 314. The van der Waals surface area contributed by atoms with Crippen molar-refractivity contribution < 1.29 is 9.84 Å². The first-order chi connectivity index (χ1) is 6.29. The summed E-state index contributed by atoms with van der Waals surface area (Å²) in [4.78, 5) is 0. The molecular weight excluding hydrogens is 168 g/mol. The lowest BCUT2D eigenvalue weighted by Crippen LogP contribution is -2.34. The van der Waals surface area contributed by atoms with E-state index in [1.807, 2.05) is 6.07 Å². The molecule has 4 nitrogen and oxygen atoms in total. The van der Waals surface area contributed by atoms with Gasteiger partial charge in [0, 0.05) is 5.69 Å². The maximum atomic E-state index is 8.91. The molecule has 1 atom stereocenters. The maximum absolute atomic E-state index is 8.91. The minimum absolute atomic E-state index is 0.0331. The van der Waals surface area contributed by atoms with Gasteiger partial charge in [-0.2, -0.15) is 0 Å². The van der Waals surface area contributed by atoms with Crippen LogP contribution in [0.5, 0.6) is 5.75 Å². The van der Waals surface area contributed by atoms with Crippen LogP contribution in [-0.2, 0) is 0 Å². The van der Waals surface area contributed by atoms with Crippen molar-refractivity contribution in [1.82, 2.24) is 0 Å². The highest BCUT2D eigenvalue weighted by Crippen LogP contribution is 2.30. The van der Waals surface area contributed by atoms with E-state index in [4.69, 9.17) is 15.6 Å². The standard InChI is InChI=1S/C9H12N2O2/c10-6-1-2-9-8(3-6)11-7(4-12)5-13-9/h1-3,7,11-12H,4-5,10H2. The fraction of sp³-hybridized carbons (Fsp3) is 0.333. The molecule has 0 saturated carbocycles. The van der Waals surface area contributed by atoms with Crippen molar-refractivity contribution >= 4 is 11.4 Å². The van der Waals surface area contributed by atoms with E-state index in [-0.39, 0.29) is 12.6 Å². The lowest BCUT2D eigenvalue weighted by molar-refractivity contribution is 0.207. The number of anilines is 2. The predicted molar refractivity (Wildman–Crippen MR) is 50.8 cm³/mol. The van der Waals surface area contributed by atoms with Crippen molar-refractivity contribution in [3.8, 4) is 5.75 Å². The number of ether oxygens (including phenoxy) is 1. The van der Waals surface area contributed by atoms with Crippen LogP contribution in [0.2, 0.25) is 0 Å². The Morgan fingerprint density at radius 3 is 3.23 bits per heavy atom. The Morgan fingerprint density at radius 1 is 1.62 bits per heavy atom. The molecule has 0 spiro atoms. The van der Waals surface area contributed by atoms with E-state index < -0.39 is 0 Å². The summed E-state index contributed by atoms with van der Waals surface area (Å²) in [6, 6.07) is 5.39. The molecule has 1 aliphatic rings. The Kier molecular flexibility index (Phi) is 1.98. The fourth-order valence-electron chi connectivity index (χ4n) is 1.34. The second-order valence-corrected chi connectivity index (χ2v) is 3.09. The topological polar surface area (TPSA) is 67.5 Å². The van der Waals surface area contributed by atoms with E-state index in [2.05, 4.69) is 5.32 Å². The molecule has 13 heavy (non-hydrogen) atoms. The molecule has 0 saturated heterocycles. The third kappa shape index (κ3) is 1.53. The van der Waals surface area contributed by atoms with Crippen LogP contribution >= 0.6 is 0 Å². The SMILES string of the molecule is Nc1ccc2c(c1)NC(CO)CO2. The van der Waals surface area contributed by atoms with Crippen molar-refractivity contribution in [2.24, 2.45) is 0 Å². The molecule has 4 heteroatoms. The van der Waals surface area contributed by atoms with Crippen LogP contribution in [0, 0.1) is 0 Å². The lowest BCUT2D eigenvalue weighted by Gasteiger charge is -2.26. The van der Waals surface area contributed by atoms with Gasteiger partial charge < -0.3 is 20.9 Å². The van der Waals surface area contributed by atoms with Crippen molar-refractivity contribution in [2.75, 3.05) is 24.3 Å². The van der Waals surface area contributed by atoms with Crippen LogP contribution in [0.15, 0.2) is 18.2 Å². The Labute approximate surface area is 76.3 Å². The van der Waals surface area contributed by atoms with Gasteiger partial charge in [0.15, 0.2) is 0 Å². The number of hydrogen-bond acceptors (Lipinski definition) is 4. The first kappa shape index (κ1) is 8.19. The van der Waals surface area contributed by atoms with Gasteiger partial charge in [-0.25, -0.2) is 0 Å². The monoisotopic (exact) mass is 180 g/mol. The molecule has 2 rings (SSSR count). The number of hydrogen-bond donors (Lipinski definition) is 3. The number of nitrogens with one attached hydrogen (secondary N) is 1. The maximum Gasteiger partial charge on any atom is 0.142 e. The largest absolute Gasteiger partial charge is 0.489 e. The van der Waals surface area contributed by atoms with Gasteiger partial charge in [0.05, 0.1) is 18.3 Å². The quantitative estimate of drug-likeness (QED) is 0.548. The highest BCUT2D eigenvalue weighted by atomic mass is 16.5. The predicted octanol–water partition coefficient (Wildman–Crippen LogP) is 0.434. The van der Waals surface area contributed by atoms with E-state index in [1.165, 1.54) is 0 Å². The van der Waals surface area contributed by atoms with Gasteiger partial charge >= 0.3 is 0 Å². The smallest absolute Gasteiger partial charge is 0.142 e. The molecule has 1 unspecified atom stereocenters. The lowest BCUT2D eigenvalue weighted by atomic mass is 10.2. The molecule has 4 N–H and O–H groups in total. The Hall–Kier alpha value is -1.42. The summed E-state index contributed by atoms with van der Waals surface area (Å²) in [5.41, 5.74) is 7.15. The summed E-state index contributed by atoms with van der Waals surface area (Å²) < 4.78 is 5.40. The molecule has 1 aromatic rings. The molecule has 70 valence electrons. The van der Waals surface area contributed by atoms with Gasteiger partial charge in [-0.3, -0.25) is 0 Å². The minimum Gasteiger partial charge on any atom is -0.489 e. The van der Waals surface area contributed by atoms with Crippen LogP contribution in [0.1, 0.15) is 0 Å². The van der Waals surface area contributed by atoms with Crippen molar-refractivity contribution in [1.29, 1.82) is 0 Å². The zero-order valence-corrected chi connectivity index (χ0v) is 7.16. The normalized spacial score (nSPS) is 19.9. The minimum atomic E-state index is -0.0331. The van der Waals surface area contributed by atoms with Crippen molar-refractivity contribution in [3.05, 3.63) is 18.2 Å². The second kappa shape index (κ2) is 3.14. The molecule has 1 aliphatic heterocycles. The summed E-state index contributed by atoms with van der Waals surface area (Å²) in [7, 11) is 0. The highest BCUT2D eigenvalue weighted by molar-refractivity contribution is 5.64. The van der Waals surface area contributed by atoms with Crippen molar-refractivity contribution in [3.63, 3.8) is 0 Å². The third-order valence-electron chi connectivity index (χ3n) is 2.02. The van der Waals surface area contributed by atoms with E-state index in [1.54, 1.807) is 12.1 Å². The van der Waals surface area contributed by atoms with Crippen LogP contribution in [0.4, 0.5) is 11.4 Å². The summed E-state index contributed by atoms with van der Waals surface area (Å²) >= 11 is 0. The number of nitrogen functional groups attached to an aromatic ring is 1. The molecule has 0 aromatic heterocycles. The number of aliphatic hydroxyl groups is 1. The molecule has 0 radical (unpaired) electrons. The van der Waals surface area contributed by atoms with E-state index >= 15 is 0 Å². The Morgan fingerprint density at radius 2 is 2.46 bits per heavy atom.